The van der Waals surface area contributed by atoms with Crippen LogP contribution in [-0.2, 0) is 14.8 Å². The summed E-state index contributed by atoms with van der Waals surface area (Å²) in [7, 11) is -3.66. The van der Waals surface area contributed by atoms with Crippen LogP contribution in [-0.4, -0.2) is 59.2 Å². The Morgan fingerprint density at radius 3 is 2.63 bits per heavy atom. The van der Waals surface area contributed by atoms with Gasteiger partial charge >= 0.3 is 0 Å². The van der Waals surface area contributed by atoms with Crippen LogP contribution in [0.4, 0.5) is 4.39 Å². The number of hydrogen-bond donors (Lipinski definition) is 2. The number of benzene rings is 1. The van der Waals surface area contributed by atoms with Gasteiger partial charge in [0.2, 0.25) is 15.9 Å². The Kier molecular flexibility index (Phi) is 6.45. The molecule has 1 aliphatic rings. The molecule has 0 aliphatic carbocycles. The summed E-state index contributed by atoms with van der Waals surface area (Å²) in [6.07, 6.45) is 2.34. The van der Waals surface area contributed by atoms with E-state index in [1.807, 2.05) is 0 Å². The molecule has 8 nitrogen and oxygen atoms in total. The highest BCUT2D eigenvalue weighted by Crippen LogP contribution is 2.24. The van der Waals surface area contributed by atoms with Crippen LogP contribution in [0.2, 0.25) is 0 Å². The zero-order valence-corrected chi connectivity index (χ0v) is 16.1. The summed E-state index contributed by atoms with van der Waals surface area (Å²) in [4.78, 5) is 16.3. The lowest BCUT2D eigenvalue weighted by Gasteiger charge is -2.30. The zero-order chi connectivity index (χ0) is 19.3. The van der Waals surface area contributed by atoms with Gasteiger partial charge in [-0.05, 0) is 37.1 Å². The Bertz CT molecular complexity index is 851. The highest BCUT2D eigenvalue weighted by molar-refractivity contribution is 7.99. The standard InChI is InChI=1S/C16H20FN5O3S2/c17-13-1-3-14(4-2-13)27(24,25)22-8-5-12(6-9-22)15(23)18-7-10-26-16-19-11-20-21-16/h1-4,11-12H,5-10H2,(H,18,23)(H,19,20,21). The van der Waals surface area contributed by atoms with Crippen molar-refractivity contribution in [1.82, 2.24) is 24.8 Å². The molecule has 2 aromatic rings. The topological polar surface area (TPSA) is 108 Å². The van der Waals surface area contributed by atoms with Crippen molar-refractivity contribution in [1.29, 1.82) is 0 Å². The summed E-state index contributed by atoms with van der Waals surface area (Å²) < 4.78 is 39.5. The minimum Gasteiger partial charge on any atom is -0.355 e. The molecular weight excluding hydrogens is 393 g/mol. The number of halogens is 1. The number of nitrogens with zero attached hydrogens (tertiary/aromatic N) is 3. The van der Waals surface area contributed by atoms with E-state index in [0.717, 1.165) is 12.1 Å². The van der Waals surface area contributed by atoms with Crippen LogP contribution in [0.1, 0.15) is 12.8 Å². The number of piperidine rings is 1. The monoisotopic (exact) mass is 413 g/mol. The number of amides is 1. The number of aromatic amines is 1. The highest BCUT2D eigenvalue weighted by Gasteiger charge is 2.31. The van der Waals surface area contributed by atoms with Gasteiger partial charge in [-0.3, -0.25) is 9.89 Å². The van der Waals surface area contributed by atoms with Crippen molar-refractivity contribution in [3.63, 3.8) is 0 Å². The van der Waals surface area contributed by atoms with Crippen LogP contribution in [0.5, 0.6) is 0 Å². The van der Waals surface area contributed by atoms with E-state index in [9.17, 15) is 17.6 Å². The Labute approximate surface area is 161 Å². The molecule has 1 amide bonds. The van der Waals surface area contributed by atoms with Crippen molar-refractivity contribution in [3.8, 4) is 0 Å². The highest BCUT2D eigenvalue weighted by atomic mass is 32.2. The molecule has 11 heteroatoms. The minimum atomic E-state index is -3.66. The maximum Gasteiger partial charge on any atom is 0.243 e. The van der Waals surface area contributed by atoms with Crippen molar-refractivity contribution in [3.05, 3.63) is 36.4 Å². The number of aromatic nitrogens is 3. The molecule has 27 heavy (non-hydrogen) atoms. The lowest BCUT2D eigenvalue weighted by molar-refractivity contribution is -0.125. The first-order valence-electron chi connectivity index (χ1n) is 8.48. The van der Waals surface area contributed by atoms with E-state index in [1.165, 1.54) is 34.5 Å². The molecule has 1 fully saturated rings. The quantitative estimate of drug-likeness (QED) is 0.523. The predicted octanol–water partition coefficient (Wildman–Crippen LogP) is 1.25. The van der Waals surface area contributed by atoms with E-state index in [2.05, 4.69) is 20.5 Å². The summed E-state index contributed by atoms with van der Waals surface area (Å²) in [5.41, 5.74) is 0. The molecular formula is C16H20FN5O3S2. The fourth-order valence-corrected chi connectivity index (χ4v) is 4.95. The van der Waals surface area contributed by atoms with Crippen molar-refractivity contribution in [2.45, 2.75) is 22.9 Å². The summed E-state index contributed by atoms with van der Waals surface area (Å²) in [5.74, 6) is -0.0867. The average molecular weight is 414 g/mol. The largest absolute Gasteiger partial charge is 0.355 e. The molecule has 1 aromatic heterocycles. The van der Waals surface area contributed by atoms with E-state index in [1.54, 1.807) is 0 Å². The molecule has 2 N–H and O–H groups in total. The summed E-state index contributed by atoms with van der Waals surface area (Å²) in [5, 5.41) is 10.0. The Morgan fingerprint density at radius 1 is 1.30 bits per heavy atom. The van der Waals surface area contributed by atoms with Gasteiger partial charge in [-0.2, -0.15) is 9.40 Å². The average Bonchev–Trinajstić information content (AvgIpc) is 3.19. The molecule has 146 valence electrons. The predicted molar refractivity (Wildman–Crippen MR) is 98.0 cm³/mol. The van der Waals surface area contributed by atoms with Gasteiger partial charge in [-0.1, -0.05) is 11.8 Å². The van der Waals surface area contributed by atoms with Crippen molar-refractivity contribution >= 4 is 27.7 Å². The maximum atomic E-state index is 13.0. The van der Waals surface area contributed by atoms with Crippen molar-refractivity contribution in [2.75, 3.05) is 25.4 Å². The first kappa shape index (κ1) is 19.8. The smallest absolute Gasteiger partial charge is 0.243 e. The number of carbonyl (C=O) groups excluding carboxylic acids is 1. The number of H-pyrrole nitrogens is 1. The van der Waals surface area contributed by atoms with Crippen LogP contribution < -0.4 is 5.32 Å². The van der Waals surface area contributed by atoms with Gasteiger partial charge in [0.1, 0.15) is 12.1 Å². The fraction of sp³-hybridized carbons (Fsp3) is 0.438. The van der Waals surface area contributed by atoms with Crippen LogP contribution in [0.15, 0.2) is 40.6 Å². The third-order valence-corrected chi connectivity index (χ3v) is 7.10. The molecule has 0 unspecified atom stereocenters. The second-order valence-corrected chi connectivity index (χ2v) is 9.08. The molecule has 0 saturated carbocycles. The maximum absolute atomic E-state index is 13.0. The number of rotatable bonds is 7. The molecule has 0 spiro atoms. The molecule has 1 aromatic carbocycles. The summed E-state index contributed by atoms with van der Waals surface area (Å²) in [6, 6.07) is 4.78. The first-order chi connectivity index (χ1) is 13.0. The number of sulfonamides is 1. The number of carbonyl (C=O) groups is 1. The van der Waals surface area contributed by atoms with Crippen LogP contribution in [0, 0.1) is 11.7 Å². The van der Waals surface area contributed by atoms with Gasteiger partial charge in [-0.25, -0.2) is 17.8 Å². The molecule has 1 saturated heterocycles. The fourth-order valence-electron chi connectivity index (χ4n) is 2.84. The second kappa shape index (κ2) is 8.81. The molecule has 2 heterocycles. The van der Waals surface area contributed by atoms with Crippen LogP contribution in [0.3, 0.4) is 0 Å². The van der Waals surface area contributed by atoms with Crippen LogP contribution in [0.25, 0.3) is 0 Å². The van der Waals surface area contributed by atoms with E-state index < -0.39 is 15.8 Å². The lowest BCUT2D eigenvalue weighted by atomic mass is 9.97. The van der Waals surface area contributed by atoms with Gasteiger partial charge in [0, 0.05) is 31.3 Å². The van der Waals surface area contributed by atoms with E-state index in [4.69, 9.17) is 0 Å². The van der Waals surface area contributed by atoms with Crippen molar-refractivity contribution < 1.29 is 17.6 Å². The van der Waals surface area contributed by atoms with Gasteiger partial charge in [0.15, 0.2) is 5.16 Å². The van der Waals surface area contributed by atoms with Gasteiger partial charge in [0.25, 0.3) is 0 Å². The van der Waals surface area contributed by atoms with E-state index >= 15 is 0 Å². The SMILES string of the molecule is O=C(NCCSc1ncn[nH]1)C1CCN(S(=O)(=O)c2ccc(F)cc2)CC1. The van der Waals surface area contributed by atoms with E-state index in [-0.39, 0.29) is 29.8 Å². The van der Waals surface area contributed by atoms with Crippen LogP contribution >= 0.6 is 11.8 Å². The normalized spacial score (nSPS) is 16.3. The number of thioether (sulfide) groups is 1. The lowest BCUT2D eigenvalue weighted by Crippen LogP contribution is -2.43. The molecule has 3 rings (SSSR count). The number of nitrogens with one attached hydrogen (secondary N) is 2. The Hall–Kier alpha value is -1.98. The van der Waals surface area contributed by atoms with Crippen molar-refractivity contribution in [2.24, 2.45) is 5.92 Å². The third-order valence-electron chi connectivity index (χ3n) is 4.31. The van der Waals surface area contributed by atoms with Gasteiger partial charge in [0.05, 0.1) is 4.90 Å². The van der Waals surface area contributed by atoms with E-state index in [0.29, 0.717) is 30.3 Å². The number of hydrogen-bond acceptors (Lipinski definition) is 6. The minimum absolute atomic E-state index is 0.0630. The van der Waals surface area contributed by atoms with Gasteiger partial charge < -0.3 is 5.32 Å². The third kappa shape index (κ3) is 5.05. The second-order valence-electron chi connectivity index (χ2n) is 6.06. The summed E-state index contributed by atoms with van der Waals surface area (Å²) in [6.45, 7) is 1.04. The Morgan fingerprint density at radius 2 is 2.00 bits per heavy atom. The Balaban J connectivity index is 1.45. The summed E-state index contributed by atoms with van der Waals surface area (Å²) >= 11 is 1.46. The first-order valence-corrected chi connectivity index (χ1v) is 10.9. The molecule has 0 bridgehead atoms. The molecule has 0 radical (unpaired) electrons. The van der Waals surface area contributed by atoms with Gasteiger partial charge in [-0.15, -0.1) is 0 Å². The molecule has 1 aliphatic heterocycles. The zero-order valence-electron chi connectivity index (χ0n) is 14.5. The molecule has 0 atom stereocenters.